The van der Waals surface area contributed by atoms with Crippen LogP contribution < -0.4 is 0 Å². The summed E-state index contributed by atoms with van der Waals surface area (Å²) in [4.78, 5) is 10.4. The summed E-state index contributed by atoms with van der Waals surface area (Å²) in [6, 6.07) is 0.727. The third-order valence-electron chi connectivity index (χ3n) is 2.96. The van der Waals surface area contributed by atoms with E-state index in [4.69, 9.17) is 8.85 Å². The van der Waals surface area contributed by atoms with E-state index in [1.807, 2.05) is 0 Å². The van der Waals surface area contributed by atoms with Crippen LogP contribution in [0.1, 0.15) is 39.7 Å². The molecule has 1 rings (SSSR count). The summed E-state index contributed by atoms with van der Waals surface area (Å²) in [5.74, 6) is -6.51. The van der Waals surface area contributed by atoms with Gasteiger partial charge in [-0.3, -0.25) is 0 Å². The van der Waals surface area contributed by atoms with E-state index in [-0.39, 0.29) is 36.7 Å². The molecule has 0 bridgehead atoms. The summed E-state index contributed by atoms with van der Waals surface area (Å²) in [5, 5.41) is 0. The molecule has 0 amide bonds. The molecule has 132 valence electrons. The fraction of sp³-hybridized carbons (Fsp3) is 0.600. The molecule has 0 saturated heterocycles. The zero-order valence-corrected chi connectivity index (χ0v) is 14.6. The van der Waals surface area contributed by atoms with Crippen molar-refractivity contribution in [3.8, 4) is 0 Å². The predicted octanol–water partition coefficient (Wildman–Crippen LogP) is 3.96. The molecule has 0 aliphatic carbocycles. The summed E-state index contributed by atoms with van der Waals surface area (Å²) in [6.07, 6.45) is -0.410. The SMILES string of the molecule is CC(C)O[Si](O)(CCCc1cc(F)c(F)c(F)c1F)OC(C)C. The lowest BCUT2D eigenvalue weighted by atomic mass is 10.1. The van der Waals surface area contributed by atoms with Crippen molar-refractivity contribution in [3.63, 3.8) is 0 Å². The Bertz CT molecular complexity index is 528. The van der Waals surface area contributed by atoms with Crippen molar-refractivity contribution in [1.82, 2.24) is 0 Å². The normalized spacial score (nSPS) is 12.5. The molecule has 1 aromatic rings. The van der Waals surface area contributed by atoms with Crippen LogP contribution in [-0.2, 0) is 15.3 Å². The van der Waals surface area contributed by atoms with Gasteiger partial charge in [-0.05, 0) is 52.2 Å². The highest BCUT2D eigenvalue weighted by Crippen LogP contribution is 2.23. The second-order valence-corrected chi connectivity index (χ2v) is 8.26. The first-order valence-electron chi connectivity index (χ1n) is 7.45. The third-order valence-corrected chi connectivity index (χ3v) is 5.62. The molecule has 0 aliphatic rings. The number of benzene rings is 1. The Labute approximate surface area is 134 Å². The molecule has 0 unspecified atom stereocenters. The molecule has 1 N–H and O–H groups in total. The largest absolute Gasteiger partial charge is 0.498 e. The van der Waals surface area contributed by atoms with Crippen LogP contribution in [0.25, 0.3) is 0 Å². The molecule has 0 aliphatic heterocycles. The molecule has 0 atom stereocenters. The predicted molar refractivity (Wildman–Crippen MR) is 79.8 cm³/mol. The van der Waals surface area contributed by atoms with E-state index in [1.165, 1.54) is 0 Å². The van der Waals surface area contributed by atoms with Crippen molar-refractivity contribution < 1.29 is 31.2 Å². The van der Waals surface area contributed by atoms with Crippen LogP contribution in [0.4, 0.5) is 17.6 Å². The maximum Gasteiger partial charge on any atom is 0.498 e. The number of aryl methyl sites for hydroxylation is 1. The van der Waals surface area contributed by atoms with Crippen LogP contribution in [-0.4, -0.2) is 25.8 Å². The van der Waals surface area contributed by atoms with E-state index in [2.05, 4.69) is 0 Å². The van der Waals surface area contributed by atoms with E-state index >= 15 is 0 Å². The Morgan fingerprint density at radius 2 is 1.48 bits per heavy atom. The molecule has 0 fully saturated rings. The minimum atomic E-state index is -3.47. The fourth-order valence-corrected chi connectivity index (χ4v) is 4.58. The minimum absolute atomic E-state index is 0.0713. The lowest BCUT2D eigenvalue weighted by Crippen LogP contribution is -2.46. The quantitative estimate of drug-likeness (QED) is 0.332. The van der Waals surface area contributed by atoms with E-state index in [0.29, 0.717) is 6.07 Å². The summed E-state index contributed by atoms with van der Waals surface area (Å²) in [6.45, 7) is 6.97. The van der Waals surface area contributed by atoms with Crippen molar-refractivity contribution in [3.05, 3.63) is 34.9 Å². The Hall–Kier alpha value is -0.963. The number of halogens is 4. The van der Waals surface area contributed by atoms with Gasteiger partial charge in [0, 0.05) is 18.3 Å². The minimum Gasteiger partial charge on any atom is -0.390 e. The molecule has 8 heteroatoms. The Kier molecular flexibility index (Phi) is 7.18. The van der Waals surface area contributed by atoms with Crippen molar-refractivity contribution in [2.75, 3.05) is 0 Å². The van der Waals surface area contributed by atoms with Gasteiger partial charge in [0.1, 0.15) is 0 Å². The monoisotopic (exact) mass is 354 g/mol. The van der Waals surface area contributed by atoms with Gasteiger partial charge in [-0.1, -0.05) is 0 Å². The van der Waals surface area contributed by atoms with E-state index in [1.54, 1.807) is 27.7 Å². The van der Waals surface area contributed by atoms with Gasteiger partial charge in [0.2, 0.25) is 0 Å². The maximum absolute atomic E-state index is 13.6. The fourth-order valence-electron chi connectivity index (χ4n) is 2.19. The van der Waals surface area contributed by atoms with E-state index < -0.39 is 32.1 Å². The highest BCUT2D eigenvalue weighted by atomic mass is 28.4. The highest BCUT2D eigenvalue weighted by molar-refractivity contribution is 6.59. The van der Waals surface area contributed by atoms with Gasteiger partial charge in [-0.15, -0.1) is 0 Å². The first-order valence-corrected chi connectivity index (χ1v) is 9.42. The van der Waals surface area contributed by atoms with Gasteiger partial charge in [-0.2, -0.15) is 0 Å². The third kappa shape index (κ3) is 5.87. The Morgan fingerprint density at radius 1 is 0.957 bits per heavy atom. The maximum atomic E-state index is 13.6. The number of hydrogen-bond donors (Lipinski definition) is 1. The van der Waals surface area contributed by atoms with Crippen LogP contribution in [0.15, 0.2) is 6.07 Å². The van der Waals surface area contributed by atoms with Gasteiger partial charge >= 0.3 is 8.80 Å². The second-order valence-electron chi connectivity index (χ2n) is 5.86. The zero-order chi connectivity index (χ0) is 17.8. The topological polar surface area (TPSA) is 38.7 Å². The van der Waals surface area contributed by atoms with Crippen molar-refractivity contribution >= 4 is 8.80 Å². The van der Waals surface area contributed by atoms with Crippen molar-refractivity contribution in [2.45, 2.75) is 58.8 Å². The average molecular weight is 354 g/mol. The highest BCUT2D eigenvalue weighted by Gasteiger charge is 2.38. The van der Waals surface area contributed by atoms with Crippen LogP contribution in [0, 0.1) is 23.3 Å². The molecule has 0 radical (unpaired) electrons. The number of rotatable bonds is 8. The van der Waals surface area contributed by atoms with Gasteiger partial charge in [0.05, 0.1) is 0 Å². The summed E-state index contributed by atoms with van der Waals surface area (Å²) in [5.41, 5.74) is -0.285. The second kappa shape index (κ2) is 8.23. The van der Waals surface area contributed by atoms with Gasteiger partial charge in [0.25, 0.3) is 0 Å². The lowest BCUT2D eigenvalue weighted by molar-refractivity contribution is 0.0473. The van der Waals surface area contributed by atoms with Crippen LogP contribution >= 0.6 is 0 Å². The molecule has 0 spiro atoms. The zero-order valence-electron chi connectivity index (χ0n) is 13.6. The van der Waals surface area contributed by atoms with Gasteiger partial charge < -0.3 is 13.6 Å². The smallest absolute Gasteiger partial charge is 0.390 e. The lowest BCUT2D eigenvalue weighted by Gasteiger charge is -2.28. The molecular formula is C15H22F4O3Si. The summed E-state index contributed by atoms with van der Waals surface area (Å²) < 4.78 is 63.7. The first kappa shape index (κ1) is 20.1. The summed E-state index contributed by atoms with van der Waals surface area (Å²) in [7, 11) is -3.47. The van der Waals surface area contributed by atoms with Crippen molar-refractivity contribution in [1.29, 1.82) is 0 Å². The van der Waals surface area contributed by atoms with Crippen LogP contribution in [0.2, 0.25) is 6.04 Å². The van der Waals surface area contributed by atoms with Crippen molar-refractivity contribution in [2.24, 2.45) is 0 Å². The van der Waals surface area contributed by atoms with Crippen LogP contribution in [0.5, 0.6) is 0 Å². The standard InChI is InChI=1S/C15H22F4O3Si/c1-9(2)21-23(20,22-10(3)4)7-5-6-11-8-12(16)14(18)15(19)13(11)17/h8-10,20H,5-7H2,1-4H3. The molecular weight excluding hydrogens is 332 g/mol. The van der Waals surface area contributed by atoms with E-state index in [9.17, 15) is 22.4 Å². The summed E-state index contributed by atoms with van der Waals surface area (Å²) >= 11 is 0. The van der Waals surface area contributed by atoms with Gasteiger partial charge in [0.15, 0.2) is 23.3 Å². The molecule has 0 heterocycles. The molecule has 0 saturated carbocycles. The first-order chi connectivity index (χ1) is 10.6. The molecule has 23 heavy (non-hydrogen) atoms. The van der Waals surface area contributed by atoms with Crippen LogP contribution in [0.3, 0.4) is 0 Å². The molecule has 1 aromatic carbocycles. The molecule has 3 nitrogen and oxygen atoms in total. The van der Waals surface area contributed by atoms with Gasteiger partial charge in [-0.25, -0.2) is 17.6 Å². The number of hydrogen-bond acceptors (Lipinski definition) is 3. The Balaban J connectivity index is 2.77. The van der Waals surface area contributed by atoms with E-state index in [0.717, 1.165) is 0 Å². The average Bonchev–Trinajstić information content (AvgIpc) is 2.40. The molecule has 0 aromatic heterocycles. The Morgan fingerprint density at radius 3 is 1.96 bits per heavy atom.